The molecular weight excluding hydrogens is 1720 g/mol. The lowest BCUT2D eigenvalue weighted by molar-refractivity contribution is -0.124. The number of amides is 8. The van der Waals surface area contributed by atoms with E-state index in [2.05, 4.69) is 42.5 Å². The van der Waals surface area contributed by atoms with E-state index in [1.54, 1.807) is 60.7 Å². The largest absolute Gasteiger partial charge is 0.355 e. The number of anilines is 4. The Morgan fingerprint density at radius 3 is 0.613 bits per heavy atom. The van der Waals surface area contributed by atoms with Gasteiger partial charge in [-0.25, -0.2) is 0 Å². The van der Waals surface area contributed by atoms with Crippen molar-refractivity contribution in [1.29, 1.82) is 0 Å². The molecular formula is C100H80Cl8N8O8. The van der Waals surface area contributed by atoms with Gasteiger partial charge in [0, 0.05) is 162 Å². The molecule has 124 heavy (non-hydrogen) atoms. The van der Waals surface area contributed by atoms with Crippen molar-refractivity contribution in [2.24, 2.45) is 0 Å². The molecule has 4 spiro atoms. The summed E-state index contributed by atoms with van der Waals surface area (Å²) in [5, 5.41) is 28.9. The number of fused-ring (bicyclic) bond motifs is 8. The zero-order valence-electron chi connectivity index (χ0n) is 66.3. The van der Waals surface area contributed by atoms with E-state index in [-0.39, 0.29) is 108 Å². The highest BCUT2D eigenvalue weighted by Gasteiger charge is 2.64. The first-order chi connectivity index (χ1) is 60.0. The third-order valence-corrected chi connectivity index (χ3v) is 27.9. The highest BCUT2D eigenvalue weighted by Crippen LogP contribution is 2.63. The van der Waals surface area contributed by atoms with Crippen LogP contribution in [0.1, 0.15) is 140 Å². The number of benzene rings is 12. The molecule has 12 atom stereocenters. The quantitative estimate of drug-likeness (QED) is 0.0727. The second-order valence-electron chi connectivity index (χ2n) is 32.4. The van der Waals surface area contributed by atoms with Crippen LogP contribution < -0.4 is 42.5 Å². The summed E-state index contributed by atoms with van der Waals surface area (Å²) in [6, 6.07) is 91.4. The average molecular weight is 1810 g/mol. The van der Waals surface area contributed by atoms with Gasteiger partial charge in [-0.3, -0.25) is 38.4 Å². The predicted molar refractivity (Wildman–Crippen MR) is 491 cm³/mol. The van der Waals surface area contributed by atoms with Crippen molar-refractivity contribution in [2.75, 3.05) is 47.4 Å². The fourth-order valence-electron chi connectivity index (χ4n) is 20.9. The second-order valence-corrected chi connectivity index (χ2v) is 35.9. The van der Waals surface area contributed by atoms with Crippen LogP contribution in [0.4, 0.5) is 22.7 Å². The summed E-state index contributed by atoms with van der Waals surface area (Å²) in [7, 11) is 0. The number of nitrogens with one attached hydrogen (secondary N) is 8. The number of carbonyl (C=O) groups excluding carboxylic acids is 8. The van der Waals surface area contributed by atoms with E-state index in [0.29, 0.717) is 89.1 Å². The molecule has 4 fully saturated rings. The first kappa shape index (κ1) is 84.9. The first-order valence-electron chi connectivity index (χ1n) is 40.7. The zero-order chi connectivity index (χ0) is 86.3. The maximum absolute atomic E-state index is 13.9. The van der Waals surface area contributed by atoms with Gasteiger partial charge in [0.1, 0.15) is 0 Å². The maximum Gasteiger partial charge on any atom is 0.236 e. The fourth-order valence-corrected chi connectivity index (χ4v) is 22.4. The normalized spacial score (nSPS) is 25.0. The van der Waals surface area contributed by atoms with Crippen LogP contribution >= 0.6 is 92.8 Å². The van der Waals surface area contributed by atoms with Crippen LogP contribution in [0, 0.1) is 0 Å². The van der Waals surface area contributed by atoms with E-state index in [0.717, 1.165) is 66.8 Å². The van der Waals surface area contributed by atoms with Crippen molar-refractivity contribution in [3.05, 3.63) is 398 Å². The Hall–Kier alpha value is -11.3. The minimum Gasteiger partial charge on any atom is -0.355 e. The molecule has 8 aliphatic heterocycles. The number of carbonyl (C=O) groups is 8. The van der Waals surface area contributed by atoms with Crippen molar-refractivity contribution in [3.8, 4) is 0 Å². The molecule has 12 aromatic rings. The van der Waals surface area contributed by atoms with Gasteiger partial charge in [0.05, 0.1) is 21.7 Å². The van der Waals surface area contributed by atoms with Crippen LogP contribution in [0.2, 0.25) is 40.2 Å². The van der Waals surface area contributed by atoms with Crippen molar-refractivity contribution in [1.82, 2.24) is 21.3 Å². The molecule has 24 heteroatoms. The third kappa shape index (κ3) is 15.6. The summed E-state index contributed by atoms with van der Waals surface area (Å²) in [5.74, 6) is -3.51. The summed E-state index contributed by atoms with van der Waals surface area (Å²) >= 11 is 50.3. The summed E-state index contributed by atoms with van der Waals surface area (Å²) in [6.45, 7) is 1.38. The van der Waals surface area contributed by atoms with Crippen molar-refractivity contribution < 1.29 is 38.4 Å². The van der Waals surface area contributed by atoms with Crippen LogP contribution in [0.3, 0.4) is 0 Å². The van der Waals surface area contributed by atoms with Crippen LogP contribution in [0.15, 0.2) is 291 Å². The molecule has 20 rings (SSSR count). The van der Waals surface area contributed by atoms with E-state index in [1.165, 1.54) is 0 Å². The molecule has 12 aromatic carbocycles. The van der Waals surface area contributed by atoms with Crippen LogP contribution in [-0.4, -0.2) is 73.4 Å². The Morgan fingerprint density at radius 1 is 0.202 bits per heavy atom. The Kier molecular flexibility index (Phi) is 24.2. The lowest BCUT2D eigenvalue weighted by Crippen LogP contribution is -2.46. The topological polar surface area (TPSA) is 233 Å². The monoisotopic (exact) mass is 1800 g/mol. The van der Waals surface area contributed by atoms with Crippen molar-refractivity contribution >= 4 is 163 Å². The van der Waals surface area contributed by atoms with Crippen LogP contribution in [0.25, 0.3) is 0 Å². The highest BCUT2D eigenvalue weighted by atomic mass is 35.5. The molecule has 4 saturated heterocycles. The molecule has 8 amide bonds. The molecule has 8 heterocycles. The zero-order valence-corrected chi connectivity index (χ0v) is 72.3. The lowest BCUT2D eigenvalue weighted by atomic mass is 9.59. The molecule has 0 aliphatic carbocycles. The van der Waals surface area contributed by atoms with Gasteiger partial charge >= 0.3 is 0 Å². The Morgan fingerprint density at radius 2 is 0.387 bits per heavy atom. The molecule has 0 bridgehead atoms. The predicted octanol–water partition coefficient (Wildman–Crippen LogP) is 21.1. The summed E-state index contributed by atoms with van der Waals surface area (Å²) in [6.07, 6.45) is 0.769. The summed E-state index contributed by atoms with van der Waals surface area (Å²) < 4.78 is 0. The van der Waals surface area contributed by atoms with E-state index in [9.17, 15) is 38.4 Å². The average Bonchev–Trinajstić information content (AvgIpc) is 1.57. The van der Waals surface area contributed by atoms with Crippen molar-refractivity contribution in [3.63, 3.8) is 0 Å². The summed E-state index contributed by atoms with van der Waals surface area (Å²) in [4.78, 5) is 107. The van der Waals surface area contributed by atoms with E-state index in [4.69, 9.17) is 92.8 Å². The fraction of sp³-hybridized carbons (Fsp3) is 0.200. The highest BCUT2D eigenvalue weighted by molar-refractivity contribution is 6.34. The van der Waals surface area contributed by atoms with Gasteiger partial charge in [-0.05, 0) is 164 Å². The van der Waals surface area contributed by atoms with Gasteiger partial charge in [-0.1, -0.05) is 287 Å². The van der Waals surface area contributed by atoms with E-state index >= 15 is 0 Å². The van der Waals surface area contributed by atoms with Gasteiger partial charge in [-0.2, -0.15) is 0 Å². The molecule has 8 N–H and O–H groups in total. The van der Waals surface area contributed by atoms with Gasteiger partial charge in [0.15, 0.2) is 0 Å². The number of halogens is 8. The first-order valence-corrected chi connectivity index (χ1v) is 43.8. The standard InChI is InChI=1S/4C25H20Cl2N2O2/c2*26-17-8-4-7-16(11-17)20-13-23(30)28-14-21(15-5-2-1-3-6-15)25(20)19-10-9-18(27)12-22(19)29-24(25)31;2*26-17-8-4-7-16(11-17)21-14-28-23(30)13-20(15-5-2-1-3-6-15)25(21)19-10-9-18(27)12-22(19)29-24(25)31/h4*1-12,20-21H,13-14H2,(H,28,30)(H,29,31)/t4*20-,21+,25-/m1010/s1. The molecule has 0 aromatic heterocycles. The Balaban J connectivity index is 0.000000117. The minimum absolute atomic E-state index is 0.0760. The van der Waals surface area contributed by atoms with Crippen LogP contribution in [-0.2, 0) is 60.0 Å². The molecule has 624 valence electrons. The second kappa shape index (κ2) is 35.4. The van der Waals surface area contributed by atoms with Gasteiger partial charge in [0.2, 0.25) is 47.3 Å². The van der Waals surface area contributed by atoms with Crippen molar-refractivity contribution in [2.45, 2.75) is 94.7 Å². The van der Waals surface area contributed by atoms with Crippen LogP contribution in [0.5, 0.6) is 0 Å². The number of hydrogen-bond acceptors (Lipinski definition) is 8. The van der Waals surface area contributed by atoms with Gasteiger partial charge in [0.25, 0.3) is 0 Å². The Labute approximate surface area is 756 Å². The number of hydrogen-bond donors (Lipinski definition) is 8. The molecule has 0 saturated carbocycles. The third-order valence-electron chi connectivity index (χ3n) is 26.0. The minimum atomic E-state index is -0.995. The maximum atomic E-state index is 13.9. The molecule has 0 unspecified atom stereocenters. The lowest BCUT2D eigenvalue weighted by Gasteiger charge is -2.40. The smallest absolute Gasteiger partial charge is 0.236 e. The number of rotatable bonds is 8. The SMILES string of the molecule is O=C1C[C@@H](c2cccc(Cl)c2)[C@]2(C(=O)Nc3cc(Cl)ccc32)[C@@H](c2ccccc2)CN1.O=C1C[C@@H](c2ccccc2)[C@]2(C(=O)Nc3cc(Cl)ccc32)[C@@H](c2cccc(Cl)c2)CN1.O=C1C[C@H](c2cccc(Cl)c2)[C@@]2(C(=O)Nc3cc(Cl)ccc32)[C@H](c2ccccc2)CN1.O=C1C[C@H](c2ccccc2)[C@@]2(C(=O)Nc3cc(Cl)ccc32)[C@H](c2cccc(Cl)c2)CN1. The van der Waals surface area contributed by atoms with E-state index in [1.807, 2.05) is 231 Å². The summed E-state index contributed by atoms with van der Waals surface area (Å²) in [5.41, 5.74) is 9.67. The van der Waals surface area contributed by atoms with E-state index < -0.39 is 33.5 Å². The Bertz CT molecular complexity index is 5710. The molecule has 0 radical (unpaired) electrons. The molecule has 8 aliphatic rings. The van der Waals surface area contributed by atoms with Gasteiger partial charge < -0.3 is 42.5 Å². The van der Waals surface area contributed by atoms with Gasteiger partial charge in [-0.15, -0.1) is 0 Å². The molecule has 16 nitrogen and oxygen atoms in total.